The third kappa shape index (κ3) is 3.97. The summed E-state index contributed by atoms with van der Waals surface area (Å²) in [5.41, 5.74) is 4.34. The summed E-state index contributed by atoms with van der Waals surface area (Å²) in [5, 5.41) is 1.02. The Balaban J connectivity index is 2.02. The normalized spacial score (nSPS) is 16.0. The van der Waals surface area contributed by atoms with E-state index < -0.39 is 0 Å². The van der Waals surface area contributed by atoms with E-state index in [0.717, 1.165) is 39.8 Å². The molecular weight excluding hydrogens is 320 g/mol. The summed E-state index contributed by atoms with van der Waals surface area (Å²) in [6.45, 7) is 7.60. The van der Waals surface area contributed by atoms with Gasteiger partial charge in [0.2, 0.25) is 0 Å². The van der Waals surface area contributed by atoms with Crippen LogP contribution in [0.25, 0.3) is 11.4 Å². The monoisotopic (exact) mass is 344 g/mol. The minimum Gasteiger partial charge on any atom is -0.384 e. The molecule has 0 atom stereocenters. The largest absolute Gasteiger partial charge is 0.384 e. The maximum atomic E-state index is 5.98. The molecule has 0 saturated heterocycles. The van der Waals surface area contributed by atoms with Crippen LogP contribution in [0.15, 0.2) is 29.3 Å². The second-order valence-electron chi connectivity index (χ2n) is 6.71. The Morgan fingerprint density at radius 3 is 2.88 bits per heavy atom. The van der Waals surface area contributed by atoms with Crippen LogP contribution in [0.1, 0.15) is 30.7 Å². The van der Waals surface area contributed by atoms with Crippen LogP contribution in [-0.2, 0) is 22.5 Å². The smallest absolute Gasteiger partial charge is 0.160 e. The van der Waals surface area contributed by atoms with Crippen LogP contribution < -0.4 is 0 Å². The highest BCUT2D eigenvalue weighted by atomic mass is 32.2. The van der Waals surface area contributed by atoms with Gasteiger partial charge in [-0.05, 0) is 26.8 Å². The minimum atomic E-state index is -0.181. The van der Waals surface area contributed by atoms with Gasteiger partial charge in [-0.25, -0.2) is 9.97 Å². The lowest BCUT2D eigenvalue weighted by Crippen LogP contribution is -2.33. The first kappa shape index (κ1) is 17.4. The van der Waals surface area contributed by atoms with Crippen LogP contribution in [0.4, 0.5) is 0 Å². The summed E-state index contributed by atoms with van der Waals surface area (Å²) in [5.74, 6) is 1.67. The third-order valence-electron chi connectivity index (χ3n) is 4.06. The second kappa shape index (κ2) is 7.21. The molecule has 4 nitrogen and oxygen atoms in total. The van der Waals surface area contributed by atoms with Crippen molar-refractivity contribution in [2.45, 2.75) is 44.4 Å². The van der Waals surface area contributed by atoms with Crippen LogP contribution in [0.3, 0.4) is 0 Å². The fourth-order valence-electron chi connectivity index (χ4n) is 2.77. The molecule has 1 aliphatic rings. The molecule has 3 rings (SSSR count). The lowest BCUT2D eigenvalue weighted by Gasteiger charge is -2.32. The molecule has 1 aromatic heterocycles. The van der Waals surface area contributed by atoms with Crippen molar-refractivity contribution in [3.63, 3.8) is 0 Å². The number of rotatable bonds is 5. The van der Waals surface area contributed by atoms with Gasteiger partial charge in [-0.1, -0.05) is 23.8 Å². The molecule has 24 heavy (non-hydrogen) atoms. The van der Waals surface area contributed by atoms with Gasteiger partial charge in [-0.3, -0.25) is 0 Å². The van der Waals surface area contributed by atoms with Gasteiger partial charge >= 0.3 is 0 Å². The average Bonchev–Trinajstić information content (AvgIpc) is 2.53. The zero-order chi connectivity index (χ0) is 17.2. The highest BCUT2D eigenvalue weighted by Gasteiger charge is 2.30. The number of methoxy groups -OCH3 is 1. The Hall–Kier alpha value is -1.43. The van der Waals surface area contributed by atoms with E-state index in [1.807, 2.05) is 0 Å². The van der Waals surface area contributed by atoms with Crippen molar-refractivity contribution in [2.75, 3.05) is 19.5 Å². The summed E-state index contributed by atoms with van der Waals surface area (Å²) >= 11 is 1.72. The number of ether oxygens (including phenoxy) is 2. The van der Waals surface area contributed by atoms with Crippen LogP contribution in [-0.4, -0.2) is 35.0 Å². The van der Waals surface area contributed by atoms with Crippen LogP contribution in [0.5, 0.6) is 0 Å². The number of nitrogens with zero attached hydrogens (tertiary/aromatic N) is 2. The highest BCUT2D eigenvalue weighted by Crippen LogP contribution is 2.34. The predicted molar refractivity (Wildman–Crippen MR) is 97.4 cm³/mol. The van der Waals surface area contributed by atoms with Crippen molar-refractivity contribution in [1.82, 2.24) is 9.97 Å². The van der Waals surface area contributed by atoms with Crippen LogP contribution >= 0.6 is 11.8 Å². The SMILES string of the molecule is COCCSc1nc(-c2cccc(C)c2)nc2c1COC(C)(C)C2. The van der Waals surface area contributed by atoms with Crippen molar-refractivity contribution in [1.29, 1.82) is 0 Å². The summed E-state index contributed by atoms with van der Waals surface area (Å²) < 4.78 is 11.2. The maximum absolute atomic E-state index is 5.98. The highest BCUT2D eigenvalue weighted by molar-refractivity contribution is 7.99. The molecule has 0 radical (unpaired) electrons. The molecule has 128 valence electrons. The maximum Gasteiger partial charge on any atom is 0.160 e. The number of thioether (sulfide) groups is 1. The summed E-state index contributed by atoms with van der Waals surface area (Å²) in [7, 11) is 1.72. The van der Waals surface area contributed by atoms with E-state index in [1.165, 1.54) is 5.56 Å². The number of aromatic nitrogens is 2. The van der Waals surface area contributed by atoms with E-state index in [4.69, 9.17) is 19.4 Å². The van der Waals surface area contributed by atoms with Crippen molar-refractivity contribution in [3.8, 4) is 11.4 Å². The Labute approximate surface area is 148 Å². The fraction of sp³-hybridized carbons (Fsp3) is 0.474. The van der Waals surface area contributed by atoms with E-state index >= 15 is 0 Å². The molecular formula is C19H24N2O2S. The summed E-state index contributed by atoms with van der Waals surface area (Å²) in [4.78, 5) is 9.71. The molecule has 0 fully saturated rings. The van der Waals surface area contributed by atoms with E-state index in [0.29, 0.717) is 13.2 Å². The average molecular weight is 344 g/mol. The topological polar surface area (TPSA) is 44.2 Å². The predicted octanol–water partition coefficient (Wildman–Crippen LogP) is 4.04. The molecule has 0 saturated carbocycles. The zero-order valence-electron chi connectivity index (χ0n) is 14.8. The number of benzene rings is 1. The molecule has 5 heteroatoms. The summed E-state index contributed by atoms with van der Waals surface area (Å²) in [6.07, 6.45) is 0.807. The zero-order valence-corrected chi connectivity index (χ0v) is 15.6. The van der Waals surface area contributed by atoms with Gasteiger partial charge in [0, 0.05) is 30.4 Å². The van der Waals surface area contributed by atoms with Gasteiger partial charge in [0.25, 0.3) is 0 Å². The molecule has 0 bridgehead atoms. The Kier molecular flexibility index (Phi) is 5.23. The Morgan fingerprint density at radius 1 is 1.29 bits per heavy atom. The van der Waals surface area contributed by atoms with Crippen molar-refractivity contribution < 1.29 is 9.47 Å². The minimum absolute atomic E-state index is 0.181. The second-order valence-corrected chi connectivity index (χ2v) is 7.80. The van der Waals surface area contributed by atoms with Gasteiger partial charge in [0.05, 0.1) is 24.5 Å². The van der Waals surface area contributed by atoms with Crippen molar-refractivity contribution in [2.24, 2.45) is 0 Å². The molecule has 2 aromatic rings. The van der Waals surface area contributed by atoms with Crippen LogP contribution in [0.2, 0.25) is 0 Å². The first-order valence-corrected chi connectivity index (χ1v) is 9.19. The first-order chi connectivity index (χ1) is 11.5. The third-order valence-corrected chi connectivity index (χ3v) is 5.04. The number of fused-ring (bicyclic) bond motifs is 1. The molecule has 2 heterocycles. The molecule has 0 N–H and O–H groups in total. The van der Waals surface area contributed by atoms with Gasteiger partial charge in [0.1, 0.15) is 5.03 Å². The standard InChI is InChI=1S/C19H24N2O2S/c1-13-6-5-7-14(10-13)17-20-16-11-19(2,3)23-12-15(16)18(21-17)24-9-8-22-4/h5-7,10H,8-9,11-12H2,1-4H3. The number of hydrogen-bond acceptors (Lipinski definition) is 5. The van der Waals surface area contributed by atoms with Crippen molar-refractivity contribution in [3.05, 3.63) is 41.1 Å². The quantitative estimate of drug-likeness (QED) is 0.465. The summed E-state index contributed by atoms with van der Waals surface area (Å²) in [6, 6.07) is 8.35. The molecule has 1 aromatic carbocycles. The Morgan fingerprint density at radius 2 is 2.12 bits per heavy atom. The number of aryl methyl sites for hydroxylation is 1. The van der Waals surface area contributed by atoms with Crippen LogP contribution in [0, 0.1) is 6.92 Å². The van der Waals surface area contributed by atoms with E-state index in [1.54, 1.807) is 18.9 Å². The first-order valence-electron chi connectivity index (χ1n) is 8.21. The van der Waals surface area contributed by atoms with Gasteiger partial charge in [-0.2, -0.15) is 0 Å². The lowest BCUT2D eigenvalue weighted by atomic mass is 9.96. The van der Waals surface area contributed by atoms with E-state index in [-0.39, 0.29) is 5.60 Å². The van der Waals surface area contributed by atoms with E-state index in [2.05, 4.69) is 45.0 Å². The van der Waals surface area contributed by atoms with Gasteiger partial charge in [-0.15, -0.1) is 11.8 Å². The lowest BCUT2D eigenvalue weighted by molar-refractivity contribution is -0.0428. The molecule has 1 aliphatic heterocycles. The van der Waals surface area contributed by atoms with Gasteiger partial charge in [0.15, 0.2) is 5.82 Å². The van der Waals surface area contributed by atoms with Gasteiger partial charge < -0.3 is 9.47 Å². The fourth-order valence-corrected chi connectivity index (χ4v) is 3.72. The molecule has 0 spiro atoms. The van der Waals surface area contributed by atoms with Crippen molar-refractivity contribution >= 4 is 11.8 Å². The Bertz CT molecular complexity index is 731. The number of hydrogen-bond donors (Lipinski definition) is 0. The molecule has 0 aliphatic carbocycles. The molecule has 0 amide bonds. The van der Waals surface area contributed by atoms with E-state index in [9.17, 15) is 0 Å². The molecule has 0 unspecified atom stereocenters.